The van der Waals surface area contributed by atoms with Gasteiger partial charge in [0.25, 0.3) is 0 Å². The van der Waals surface area contributed by atoms with E-state index in [1.807, 2.05) is 165 Å². The van der Waals surface area contributed by atoms with Gasteiger partial charge in [0.2, 0.25) is 0 Å². The highest BCUT2D eigenvalue weighted by atomic mass is 35.5. The van der Waals surface area contributed by atoms with E-state index in [2.05, 4.69) is 221 Å². The summed E-state index contributed by atoms with van der Waals surface area (Å²) in [7, 11) is 4.93. The Labute approximate surface area is 715 Å². The van der Waals surface area contributed by atoms with Crippen LogP contribution in [0.25, 0.3) is 0 Å². The maximum absolute atomic E-state index is 12.6. The molecule has 0 fully saturated rings. The van der Waals surface area contributed by atoms with Crippen molar-refractivity contribution in [2.24, 2.45) is 0 Å². The van der Waals surface area contributed by atoms with Crippen molar-refractivity contribution in [2.45, 2.75) is 200 Å². The molecule has 0 unspecified atom stereocenters. The third kappa shape index (κ3) is 37.9. The lowest BCUT2D eigenvalue weighted by Crippen LogP contribution is -1.95. The number of hydrogen-bond acceptors (Lipinski definition) is 6. The minimum absolute atomic E-state index is 0.0733. The summed E-state index contributed by atoms with van der Waals surface area (Å²) in [5, 5.41) is 11.6. The fourth-order valence-corrected chi connectivity index (χ4v) is 11.1. The van der Waals surface area contributed by atoms with Gasteiger partial charge in [-0.3, -0.25) is 4.79 Å². The number of halogens is 4. The Balaban J connectivity index is 0.000000634. The van der Waals surface area contributed by atoms with E-state index in [-0.39, 0.29) is 12.4 Å². The van der Waals surface area contributed by atoms with Gasteiger partial charge >= 0.3 is 0 Å². The molecule has 12 rings (SSSR count). The largest absolute Gasteiger partial charge is 0.497 e. The SMILES string of the molecule is CCCOc1ccccc1C.COc1cc(C)c(C)c(CO)c1.COc1ccc(C)c(C)c1OC.Cc1cccc(C)c1C.Cc1cccc(C)c1C.Cc1cccc(C)c1C.Cc1cccc(C=O)c1C.Cc1cccc(Cl)c1C.Cc1cccc(Cl)c1C.Cc1cccc(Cl)c1C.Cc1cccc(F)c1C.Cc1ccccc1C. The number of methoxy groups -OCH3 is 3. The van der Waals surface area contributed by atoms with Crippen LogP contribution in [0.15, 0.2) is 218 Å². The van der Waals surface area contributed by atoms with Crippen LogP contribution in [0.4, 0.5) is 4.39 Å². The minimum atomic E-state index is -0.116. The van der Waals surface area contributed by atoms with E-state index in [1.165, 1.54) is 117 Å². The molecule has 12 aromatic rings. The van der Waals surface area contributed by atoms with E-state index in [0.717, 1.165) is 102 Å². The van der Waals surface area contributed by atoms with Crippen LogP contribution in [0.1, 0.15) is 174 Å². The molecule has 622 valence electrons. The van der Waals surface area contributed by atoms with Crippen molar-refractivity contribution in [3.05, 3.63) is 395 Å². The first-order valence-corrected chi connectivity index (χ1v) is 40.5. The Morgan fingerprint density at radius 3 is 0.905 bits per heavy atom. The summed E-state index contributed by atoms with van der Waals surface area (Å²) in [6.07, 6.45) is 1.96. The van der Waals surface area contributed by atoms with Crippen LogP contribution in [0, 0.1) is 186 Å². The third-order valence-corrected chi connectivity index (χ3v) is 22.0. The zero-order valence-electron chi connectivity index (χ0n) is 75.5. The molecule has 116 heavy (non-hydrogen) atoms. The van der Waals surface area contributed by atoms with Crippen LogP contribution in [0.3, 0.4) is 0 Å². The summed E-state index contributed by atoms with van der Waals surface area (Å²) in [6.45, 7) is 56.6. The fourth-order valence-electron chi connectivity index (χ4n) is 10.4. The van der Waals surface area contributed by atoms with Crippen molar-refractivity contribution >= 4 is 41.1 Å². The number of rotatable bonds is 8. The lowest BCUT2D eigenvalue weighted by atomic mass is 10.0. The van der Waals surface area contributed by atoms with Crippen molar-refractivity contribution in [3.63, 3.8) is 0 Å². The summed E-state index contributed by atoms with van der Waals surface area (Å²) in [6, 6.07) is 71.9. The van der Waals surface area contributed by atoms with Crippen molar-refractivity contribution in [2.75, 3.05) is 27.9 Å². The number of aryl methyl sites for hydroxylation is 16. The molecule has 0 aliphatic rings. The van der Waals surface area contributed by atoms with Gasteiger partial charge in [0.05, 0.1) is 34.5 Å². The molecule has 0 atom stereocenters. The molecule has 6 nitrogen and oxygen atoms in total. The van der Waals surface area contributed by atoms with Gasteiger partial charge < -0.3 is 24.1 Å². The average Bonchev–Trinajstić information content (AvgIpc) is 0.839. The van der Waals surface area contributed by atoms with E-state index in [9.17, 15) is 9.18 Å². The molecule has 0 amide bonds. The zero-order chi connectivity index (χ0) is 87.9. The Morgan fingerprint density at radius 1 is 0.302 bits per heavy atom. The lowest BCUT2D eigenvalue weighted by molar-refractivity contribution is 0.112. The molecule has 0 heterocycles. The standard InChI is InChI=1S/2C10H14O2.C10H14O.C9H10O.3C9H12.3C8H9Cl.C8H9F.C8H10/c1-7-4-10(12-3)5-9(6-11)8(7)2;1-7-5-6-9(11-3)10(12-4)8(7)2;1-3-8-11-10-7-5-4-6-9(10)2;1-7-4-3-5-9(6-10)8(7)2;3*1-7-5-4-6-8(2)9(7)3;4*1-6-4-3-5-8(9)7(6)2;1-7-5-3-4-6-8(7)2/h4-5,11H,6H2,1-3H3;5-6H,1-4H3;4-7H,3,8H2,1-2H3;3-6H,1-2H3;3*4-6H,1-3H3;4*3-5H,1-2H3;3-6H,1-2H3. The Hall–Kier alpha value is -9.73. The maximum atomic E-state index is 12.6. The quantitative estimate of drug-likeness (QED) is 0.153. The lowest BCUT2D eigenvalue weighted by Gasteiger charge is -2.11. The molecule has 12 aromatic carbocycles. The third-order valence-electron chi connectivity index (χ3n) is 20.8. The normalized spacial score (nSPS) is 9.65. The smallest absolute Gasteiger partial charge is 0.163 e. The molecular weight excluding hydrogens is 1490 g/mol. The molecule has 0 saturated heterocycles. The van der Waals surface area contributed by atoms with Crippen LogP contribution < -0.4 is 18.9 Å². The highest BCUT2D eigenvalue weighted by Gasteiger charge is 2.09. The molecule has 0 bridgehead atoms. The number of hydrogen-bond donors (Lipinski definition) is 1. The molecule has 0 aliphatic heterocycles. The zero-order valence-corrected chi connectivity index (χ0v) is 77.8. The van der Waals surface area contributed by atoms with Gasteiger partial charge in [0.1, 0.15) is 23.6 Å². The molecule has 0 spiro atoms. The number of aliphatic hydroxyl groups is 1. The molecule has 0 aromatic heterocycles. The predicted octanol–water partition coefficient (Wildman–Crippen LogP) is 30.5. The topological polar surface area (TPSA) is 74.2 Å². The second-order valence-corrected chi connectivity index (χ2v) is 30.2. The van der Waals surface area contributed by atoms with Gasteiger partial charge in [-0.1, -0.05) is 212 Å². The minimum Gasteiger partial charge on any atom is -0.497 e. The summed E-state index contributed by atoms with van der Waals surface area (Å²) < 4.78 is 33.5. The molecule has 1 N–H and O–H groups in total. The second kappa shape index (κ2) is 56.5. The van der Waals surface area contributed by atoms with E-state index in [4.69, 9.17) is 58.9 Å². The first kappa shape index (κ1) is 104. The average molecular weight is 1630 g/mol. The maximum Gasteiger partial charge on any atom is 0.163 e. The highest BCUT2D eigenvalue weighted by molar-refractivity contribution is 6.32. The first-order valence-electron chi connectivity index (χ1n) is 39.4. The van der Waals surface area contributed by atoms with E-state index >= 15 is 0 Å². The van der Waals surface area contributed by atoms with Gasteiger partial charge in [-0.2, -0.15) is 0 Å². The Bertz CT molecular complexity index is 4270. The predicted molar refractivity (Wildman–Crippen MR) is 502 cm³/mol. The van der Waals surface area contributed by atoms with Crippen molar-refractivity contribution < 1.29 is 33.2 Å². The first-order chi connectivity index (χ1) is 54.8. The Morgan fingerprint density at radius 2 is 0.621 bits per heavy atom. The highest BCUT2D eigenvalue weighted by Crippen LogP contribution is 2.32. The number of para-hydroxylation sites is 1. The number of aliphatic hydroxyl groups excluding tert-OH is 1. The fraction of sp³-hybridized carbons (Fsp3) is 0.311. The van der Waals surface area contributed by atoms with Gasteiger partial charge in [-0.25, -0.2) is 4.39 Å². The Kier molecular flexibility index (Phi) is 50.8. The number of carbonyl (C=O) groups excluding carboxylic acids is 1. The van der Waals surface area contributed by atoms with Crippen LogP contribution in [0.5, 0.6) is 23.0 Å². The summed E-state index contributed by atoms with van der Waals surface area (Å²) in [5.74, 6) is 3.32. The molecule has 10 heteroatoms. The summed E-state index contributed by atoms with van der Waals surface area (Å²) in [5.41, 5.74) is 34.2. The molecule has 0 aliphatic carbocycles. The van der Waals surface area contributed by atoms with Crippen molar-refractivity contribution in [3.8, 4) is 23.0 Å². The van der Waals surface area contributed by atoms with Gasteiger partial charge in [-0.05, 0) is 385 Å². The van der Waals surface area contributed by atoms with Gasteiger partial charge in [0, 0.05) is 20.6 Å². The van der Waals surface area contributed by atoms with E-state index in [0.29, 0.717) is 0 Å². The number of ether oxygens (including phenoxy) is 4. The molecular formula is C106H134Cl3FO6. The molecule has 0 saturated carbocycles. The number of benzene rings is 12. The van der Waals surface area contributed by atoms with Gasteiger partial charge in [0.15, 0.2) is 11.5 Å². The summed E-state index contributed by atoms with van der Waals surface area (Å²) >= 11 is 17.4. The van der Waals surface area contributed by atoms with Crippen molar-refractivity contribution in [1.29, 1.82) is 0 Å². The van der Waals surface area contributed by atoms with Crippen LogP contribution in [-0.2, 0) is 6.61 Å². The monoisotopic (exact) mass is 1630 g/mol. The van der Waals surface area contributed by atoms with Crippen LogP contribution >= 0.6 is 34.8 Å². The molecule has 0 radical (unpaired) electrons. The number of carbonyl (C=O) groups is 1. The van der Waals surface area contributed by atoms with Crippen LogP contribution in [-0.4, -0.2) is 39.3 Å². The van der Waals surface area contributed by atoms with Crippen LogP contribution in [0.2, 0.25) is 15.1 Å². The second-order valence-electron chi connectivity index (χ2n) is 29.0. The number of aldehydes is 1. The van der Waals surface area contributed by atoms with Gasteiger partial charge in [-0.15, -0.1) is 0 Å². The van der Waals surface area contributed by atoms with Crippen molar-refractivity contribution in [1.82, 2.24) is 0 Å². The van der Waals surface area contributed by atoms with E-state index in [1.54, 1.807) is 34.3 Å². The van der Waals surface area contributed by atoms with E-state index < -0.39 is 0 Å². The summed E-state index contributed by atoms with van der Waals surface area (Å²) in [4.78, 5) is 10.4.